The summed E-state index contributed by atoms with van der Waals surface area (Å²) in [6, 6.07) is 15.9. The van der Waals surface area contributed by atoms with Crippen molar-refractivity contribution >= 4 is 0 Å². The molecule has 0 spiro atoms. The molecular weight excluding hydrogens is 314 g/mol. The number of rotatable bonds is 6. The highest BCUT2D eigenvalue weighted by Crippen LogP contribution is 2.28. The molecule has 5 heteroatoms. The van der Waals surface area contributed by atoms with Gasteiger partial charge in [0, 0.05) is 17.2 Å². The zero-order valence-corrected chi connectivity index (χ0v) is 15.0. The molecule has 0 aliphatic rings. The van der Waals surface area contributed by atoms with Crippen molar-refractivity contribution in [3.63, 3.8) is 0 Å². The molecule has 3 aromatic rings. The van der Waals surface area contributed by atoms with Crippen LogP contribution in [0.1, 0.15) is 42.9 Å². The summed E-state index contributed by atoms with van der Waals surface area (Å²) < 4.78 is 11.3. The molecule has 0 aliphatic carbocycles. The maximum atomic E-state index is 5.83. The van der Waals surface area contributed by atoms with Gasteiger partial charge in [-0.15, -0.1) is 10.2 Å². The van der Waals surface area contributed by atoms with Crippen LogP contribution < -0.4 is 10.1 Å². The van der Waals surface area contributed by atoms with Gasteiger partial charge in [-0.2, -0.15) is 0 Å². The van der Waals surface area contributed by atoms with Crippen molar-refractivity contribution in [2.75, 3.05) is 7.11 Å². The number of nitrogens with zero attached hydrogens (tertiary/aromatic N) is 2. The molecule has 0 bridgehead atoms. The van der Waals surface area contributed by atoms with Gasteiger partial charge in [0.25, 0.3) is 0 Å². The Morgan fingerprint density at radius 1 is 1.00 bits per heavy atom. The second-order valence-electron chi connectivity index (χ2n) is 6.17. The summed E-state index contributed by atoms with van der Waals surface area (Å²) in [5.41, 5.74) is 3.22. The summed E-state index contributed by atoms with van der Waals surface area (Å²) in [7, 11) is 1.69. The Balaban J connectivity index is 1.75. The summed E-state index contributed by atoms with van der Waals surface area (Å²) in [4.78, 5) is 0. The smallest absolute Gasteiger partial charge is 0.247 e. The average Bonchev–Trinajstić information content (AvgIpc) is 3.12. The van der Waals surface area contributed by atoms with E-state index in [2.05, 4.69) is 35.4 Å². The fraction of sp³-hybridized carbons (Fsp3) is 0.300. The molecule has 0 unspecified atom stereocenters. The first kappa shape index (κ1) is 17.2. The molecule has 1 N–H and O–H groups in total. The van der Waals surface area contributed by atoms with Gasteiger partial charge in [-0.1, -0.05) is 35.9 Å². The molecule has 2 aromatic carbocycles. The topological polar surface area (TPSA) is 60.2 Å². The zero-order valence-electron chi connectivity index (χ0n) is 15.0. The maximum Gasteiger partial charge on any atom is 0.247 e. The molecule has 130 valence electrons. The van der Waals surface area contributed by atoms with Crippen LogP contribution in [-0.2, 0) is 0 Å². The van der Waals surface area contributed by atoms with Gasteiger partial charge in [-0.05, 0) is 39.0 Å². The third kappa shape index (κ3) is 3.88. The minimum Gasteiger partial charge on any atom is -0.496 e. The van der Waals surface area contributed by atoms with Crippen molar-refractivity contribution in [1.29, 1.82) is 0 Å². The van der Waals surface area contributed by atoms with Crippen LogP contribution in [-0.4, -0.2) is 17.3 Å². The van der Waals surface area contributed by atoms with Crippen molar-refractivity contribution < 1.29 is 9.15 Å². The third-order valence-corrected chi connectivity index (χ3v) is 4.18. The Bertz CT molecular complexity index is 830. The fourth-order valence-corrected chi connectivity index (χ4v) is 2.84. The quantitative estimate of drug-likeness (QED) is 0.719. The number of ether oxygens (including phenoxy) is 1. The van der Waals surface area contributed by atoms with E-state index in [1.165, 1.54) is 5.56 Å². The second kappa shape index (κ2) is 7.49. The fourth-order valence-electron chi connectivity index (χ4n) is 2.84. The Morgan fingerprint density at radius 3 is 2.48 bits per heavy atom. The second-order valence-corrected chi connectivity index (χ2v) is 6.17. The van der Waals surface area contributed by atoms with Crippen LogP contribution in [0, 0.1) is 6.92 Å². The van der Waals surface area contributed by atoms with Crippen LogP contribution in [0.4, 0.5) is 0 Å². The summed E-state index contributed by atoms with van der Waals surface area (Å²) in [5, 5.41) is 11.8. The normalized spacial score (nSPS) is 13.4. The first-order valence-electron chi connectivity index (χ1n) is 8.38. The van der Waals surface area contributed by atoms with Gasteiger partial charge in [0.15, 0.2) is 0 Å². The van der Waals surface area contributed by atoms with E-state index in [1.54, 1.807) is 7.11 Å². The van der Waals surface area contributed by atoms with E-state index in [0.717, 1.165) is 16.9 Å². The van der Waals surface area contributed by atoms with Crippen LogP contribution in [0.15, 0.2) is 52.9 Å². The number of methoxy groups -OCH3 is 1. The Hall–Kier alpha value is -2.66. The molecule has 0 fully saturated rings. The van der Waals surface area contributed by atoms with Gasteiger partial charge in [0.2, 0.25) is 11.8 Å². The standard InChI is InChI=1S/C20H23N3O2/c1-13-10-11-18(24-4)17(12-13)14(2)21-15(3)19-22-23-20(25-19)16-8-6-5-7-9-16/h5-12,14-15,21H,1-4H3/t14-,15-/m1/s1. The molecule has 0 amide bonds. The lowest BCUT2D eigenvalue weighted by molar-refractivity contribution is 0.375. The predicted molar refractivity (Wildman–Crippen MR) is 97.4 cm³/mol. The first-order valence-corrected chi connectivity index (χ1v) is 8.38. The van der Waals surface area contributed by atoms with Gasteiger partial charge >= 0.3 is 0 Å². The number of nitrogens with one attached hydrogen (secondary N) is 1. The van der Waals surface area contributed by atoms with Crippen molar-refractivity contribution in [3.8, 4) is 17.2 Å². The number of hydrogen-bond acceptors (Lipinski definition) is 5. The van der Waals surface area contributed by atoms with Crippen LogP contribution in [0.25, 0.3) is 11.5 Å². The molecule has 0 saturated heterocycles. The van der Waals surface area contributed by atoms with Crippen molar-refractivity contribution in [1.82, 2.24) is 15.5 Å². The molecule has 5 nitrogen and oxygen atoms in total. The SMILES string of the molecule is COc1ccc(C)cc1[C@@H](C)N[C@H](C)c1nnc(-c2ccccc2)o1. The van der Waals surface area contributed by atoms with Crippen LogP contribution >= 0.6 is 0 Å². The van der Waals surface area contributed by atoms with E-state index in [0.29, 0.717) is 11.8 Å². The van der Waals surface area contributed by atoms with Crippen LogP contribution in [0.5, 0.6) is 5.75 Å². The van der Waals surface area contributed by atoms with E-state index < -0.39 is 0 Å². The monoisotopic (exact) mass is 337 g/mol. The van der Waals surface area contributed by atoms with Crippen molar-refractivity contribution in [2.45, 2.75) is 32.9 Å². The van der Waals surface area contributed by atoms with E-state index in [9.17, 15) is 0 Å². The van der Waals surface area contributed by atoms with Crippen molar-refractivity contribution in [2.24, 2.45) is 0 Å². The molecular formula is C20H23N3O2. The lowest BCUT2D eigenvalue weighted by atomic mass is 10.0. The molecule has 25 heavy (non-hydrogen) atoms. The number of aromatic nitrogens is 2. The molecule has 0 radical (unpaired) electrons. The Kier molecular flexibility index (Phi) is 5.14. The van der Waals surface area contributed by atoms with E-state index in [4.69, 9.17) is 9.15 Å². The van der Waals surface area contributed by atoms with Crippen molar-refractivity contribution in [3.05, 3.63) is 65.5 Å². The molecule has 2 atom stereocenters. The minimum absolute atomic E-state index is 0.0785. The Labute approximate surface area is 148 Å². The van der Waals surface area contributed by atoms with Gasteiger partial charge in [0.1, 0.15) is 5.75 Å². The molecule has 1 aromatic heterocycles. The number of aryl methyl sites for hydroxylation is 1. The van der Waals surface area contributed by atoms with Gasteiger partial charge in [-0.3, -0.25) is 5.32 Å². The van der Waals surface area contributed by atoms with E-state index in [-0.39, 0.29) is 12.1 Å². The minimum atomic E-state index is -0.0785. The van der Waals surface area contributed by atoms with Gasteiger partial charge < -0.3 is 9.15 Å². The van der Waals surface area contributed by atoms with Gasteiger partial charge in [0.05, 0.1) is 13.2 Å². The summed E-state index contributed by atoms with van der Waals surface area (Å²) in [5.74, 6) is 1.97. The number of benzene rings is 2. The molecule has 0 aliphatic heterocycles. The molecule has 3 rings (SSSR count). The number of hydrogen-bond donors (Lipinski definition) is 1. The zero-order chi connectivity index (χ0) is 17.8. The summed E-state index contributed by atoms with van der Waals surface area (Å²) in [6.45, 7) is 6.19. The van der Waals surface area contributed by atoms with E-state index >= 15 is 0 Å². The van der Waals surface area contributed by atoms with E-state index in [1.807, 2.05) is 49.4 Å². The highest BCUT2D eigenvalue weighted by molar-refractivity contribution is 5.51. The summed E-state index contributed by atoms with van der Waals surface area (Å²) >= 11 is 0. The maximum absolute atomic E-state index is 5.83. The largest absolute Gasteiger partial charge is 0.496 e. The molecule has 1 heterocycles. The molecule has 0 saturated carbocycles. The highest BCUT2D eigenvalue weighted by atomic mass is 16.5. The average molecular weight is 337 g/mol. The highest BCUT2D eigenvalue weighted by Gasteiger charge is 2.19. The first-order chi connectivity index (χ1) is 12.1. The third-order valence-electron chi connectivity index (χ3n) is 4.18. The van der Waals surface area contributed by atoms with Crippen LogP contribution in [0.3, 0.4) is 0 Å². The Morgan fingerprint density at radius 2 is 1.76 bits per heavy atom. The summed E-state index contributed by atoms with van der Waals surface area (Å²) in [6.07, 6.45) is 0. The van der Waals surface area contributed by atoms with Gasteiger partial charge in [-0.25, -0.2) is 0 Å². The van der Waals surface area contributed by atoms with Crippen LogP contribution in [0.2, 0.25) is 0 Å². The predicted octanol–water partition coefficient (Wildman–Crippen LogP) is 4.47. The lowest BCUT2D eigenvalue weighted by Crippen LogP contribution is -2.23. The lowest BCUT2D eigenvalue weighted by Gasteiger charge is -2.20.